The Balaban J connectivity index is 1.58. The maximum absolute atomic E-state index is 13.7. The summed E-state index contributed by atoms with van der Waals surface area (Å²) in [5.74, 6) is 1.36. The first-order valence-electron chi connectivity index (χ1n) is 10.8. The van der Waals surface area contributed by atoms with Gasteiger partial charge in [0.05, 0.1) is 17.8 Å². The van der Waals surface area contributed by atoms with Crippen molar-refractivity contribution >= 4 is 10.9 Å². The van der Waals surface area contributed by atoms with Crippen molar-refractivity contribution in [2.75, 3.05) is 0 Å². The number of rotatable bonds is 5. The number of benzene rings is 4. The van der Waals surface area contributed by atoms with Crippen molar-refractivity contribution in [2.24, 2.45) is 0 Å². The molecule has 0 atom stereocenters. The number of ether oxygens (including phenoxy) is 1. The van der Waals surface area contributed by atoms with Gasteiger partial charge in [0.25, 0.3) is 0 Å². The second-order valence-corrected chi connectivity index (χ2v) is 8.13. The highest BCUT2D eigenvalue weighted by Gasteiger charge is 2.34. The minimum atomic E-state index is -4.49. The number of fused-ring (bicyclic) bond motifs is 1. The average molecular weight is 458 g/mol. The fraction of sp³-hybridized carbons (Fsp3) is 0.107. The molecule has 0 N–H and O–H groups in total. The summed E-state index contributed by atoms with van der Waals surface area (Å²) in [5.41, 5.74) is 2.68. The van der Waals surface area contributed by atoms with Crippen LogP contribution in [0.2, 0.25) is 0 Å². The molecular weight excluding hydrogens is 437 g/mol. The molecule has 0 aliphatic carbocycles. The highest BCUT2D eigenvalue weighted by molar-refractivity contribution is 5.95. The molecule has 0 amide bonds. The Morgan fingerprint density at radius 1 is 0.765 bits per heavy atom. The van der Waals surface area contributed by atoms with Crippen LogP contribution in [0, 0.1) is 6.92 Å². The number of hydrogen-bond donors (Lipinski definition) is 0. The molecule has 0 fully saturated rings. The van der Waals surface area contributed by atoms with Crippen molar-refractivity contribution in [3.8, 4) is 22.8 Å². The Kier molecular flexibility index (Phi) is 5.57. The van der Waals surface area contributed by atoms with Gasteiger partial charge in [-0.25, -0.2) is 0 Å². The quantitative estimate of drug-likeness (QED) is 0.268. The van der Waals surface area contributed by atoms with E-state index in [9.17, 15) is 13.2 Å². The van der Waals surface area contributed by atoms with Crippen molar-refractivity contribution in [3.63, 3.8) is 0 Å². The molecule has 34 heavy (non-hydrogen) atoms. The predicted molar refractivity (Wildman–Crippen MR) is 127 cm³/mol. The number of aryl methyl sites for hydroxylation is 1. The van der Waals surface area contributed by atoms with Gasteiger partial charge in [-0.15, -0.1) is 0 Å². The molecule has 0 saturated carbocycles. The number of nitrogens with zero attached hydrogens (tertiary/aromatic N) is 2. The summed E-state index contributed by atoms with van der Waals surface area (Å²) in [5, 5.41) is 4.87. The van der Waals surface area contributed by atoms with Crippen molar-refractivity contribution in [1.29, 1.82) is 0 Å². The van der Waals surface area contributed by atoms with Crippen LogP contribution in [-0.2, 0) is 12.7 Å². The van der Waals surface area contributed by atoms with E-state index in [4.69, 9.17) is 4.74 Å². The smallest absolute Gasteiger partial charge is 0.418 e. The van der Waals surface area contributed by atoms with Crippen molar-refractivity contribution in [3.05, 3.63) is 114 Å². The van der Waals surface area contributed by atoms with Crippen LogP contribution >= 0.6 is 0 Å². The number of halogens is 3. The van der Waals surface area contributed by atoms with Gasteiger partial charge in [-0.1, -0.05) is 60.2 Å². The molecule has 6 heteroatoms. The standard InChI is InChI=1S/C28H21F3N2O/c1-19-10-14-22(15-11-19)34-23-16-12-21(13-17-23)27-24-8-5-9-25(28(29,30)31)26(24)32-33(27)18-20-6-3-2-4-7-20/h2-17H,18H2,1H3. The van der Waals surface area contributed by atoms with Gasteiger partial charge in [-0.05, 0) is 55.0 Å². The monoisotopic (exact) mass is 458 g/mol. The fourth-order valence-electron chi connectivity index (χ4n) is 3.98. The first-order valence-corrected chi connectivity index (χ1v) is 10.8. The largest absolute Gasteiger partial charge is 0.457 e. The van der Waals surface area contributed by atoms with Crippen LogP contribution in [0.15, 0.2) is 97.1 Å². The first kappa shape index (κ1) is 21.8. The molecule has 1 heterocycles. The first-order chi connectivity index (χ1) is 16.4. The summed E-state index contributed by atoms with van der Waals surface area (Å²) in [6.45, 7) is 2.36. The summed E-state index contributed by atoms with van der Waals surface area (Å²) in [6.07, 6.45) is -4.49. The fourth-order valence-corrected chi connectivity index (χ4v) is 3.98. The summed E-state index contributed by atoms with van der Waals surface area (Å²) in [7, 11) is 0. The summed E-state index contributed by atoms with van der Waals surface area (Å²) in [6, 6.07) is 28.8. The van der Waals surface area contributed by atoms with Gasteiger partial charge in [0.1, 0.15) is 17.0 Å². The van der Waals surface area contributed by atoms with Gasteiger partial charge in [0.15, 0.2) is 0 Å². The SMILES string of the molecule is Cc1ccc(Oc2ccc(-c3c4cccc(C(F)(F)F)c4nn3Cc3ccccc3)cc2)cc1. The third kappa shape index (κ3) is 4.39. The second kappa shape index (κ2) is 8.71. The average Bonchev–Trinajstić information content (AvgIpc) is 3.19. The zero-order valence-electron chi connectivity index (χ0n) is 18.4. The molecule has 5 rings (SSSR count). The Bertz CT molecular complexity index is 1420. The van der Waals surface area contributed by atoms with Gasteiger partial charge in [0, 0.05) is 10.9 Å². The maximum Gasteiger partial charge on any atom is 0.418 e. The maximum atomic E-state index is 13.7. The highest BCUT2D eigenvalue weighted by Crippen LogP contribution is 2.38. The summed E-state index contributed by atoms with van der Waals surface area (Å²) < 4.78 is 48.7. The lowest BCUT2D eigenvalue weighted by atomic mass is 10.0. The number of hydrogen-bond acceptors (Lipinski definition) is 2. The van der Waals surface area contributed by atoms with Crippen LogP contribution < -0.4 is 4.74 Å². The van der Waals surface area contributed by atoms with E-state index in [0.717, 1.165) is 22.8 Å². The molecule has 0 radical (unpaired) electrons. The molecule has 0 saturated heterocycles. The Hall–Kier alpha value is -4.06. The zero-order valence-corrected chi connectivity index (χ0v) is 18.4. The van der Waals surface area contributed by atoms with Crippen LogP contribution in [0.4, 0.5) is 13.2 Å². The van der Waals surface area contributed by atoms with E-state index in [-0.39, 0.29) is 5.52 Å². The number of aromatic nitrogens is 2. The van der Waals surface area contributed by atoms with E-state index in [1.807, 2.05) is 85.8 Å². The van der Waals surface area contributed by atoms with E-state index in [1.165, 1.54) is 6.07 Å². The highest BCUT2D eigenvalue weighted by atomic mass is 19.4. The normalized spacial score (nSPS) is 11.6. The molecule has 0 unspecified atom stereocenters. The van der Waals surface area contributed by atoms with Gasteiger partial charge in [-0.2, -0.15) is 18.3 Å². The lowest BCUT2D eigenvalue weighted by molar-refractivity contribution is -0.136. The molecule has 5 aromatic rings. The van der Waals surface area contributed by atoms with Crippen molar-refractivity contribution < 1.29 is 17.9 Å². The van der Waals surface area contributed by atoms with Gasteiger partial charge < -0.3 is 4.74 Å². The number of alkyl halides is 3. The topological polar surface area (TPSA) is 27.1 Å². The molecule has 0 aliphatic heterocycles. The van der Waals surface area contributed by atoms with Gasteiger partial charge in [-0.3, -0.25) is 4.68 Å². The van der Waals surface area contributed by atoms with Gasteiger partial charge in [0.2, 0.25) is 0 Å². The molecule has 170 valence electrons. The second-order valence-electron chi connectivity index (χ2n) is 8.13. The van der Waals surface area contributed by atoms with Crippen molar-refractivity contribution in [2.45, 2.75) is 19.6 Å². The molecule has 0 bridgehead atoms. The van der Waals surface area contributed by atoms with Crippen LogP contribution in [0.5, 0.6) is 11.5 Å². The zero-order chi connectivity index (χ0) is 23.7. The van der Waals surface area contributed by atoms with Crippen LogP contribution in [0.1, 0.15) is 16.7 Å². The Morgan fingerprint density at radius 2 is 1.41 bits per heavy atom. The molecule has 0 aliphatic rings. The van der Waals surface area contributed by atoms with Gasteiger partial charge >= 0.3 is 6.18 Å². The lowest BCUT2D eigenvalue weighted by Gasteiger charge is -2.10. The Labute approximate surface area is 195 Å². The third-order valence-corrected chi connectivity index (χ3v) is 5.63. The van der Waals surface area contributed by atoms with Crippen LogP contribution in [0.25, 0.3) is 22.2 Å². The summed E-state index contributed by atoms with van der Waals surface area (Å²) >= 11 is 0. The predicted octanol–water partition coefficient (Wildman–Crippen LogP) is 7.87. The van der Waals surface area contributed by atoms with Crippen LogP contribution in [0.3, 0.4) is 0 Å². The molecule has 4 aromatic carbocycles. The molecular formula is C28H21F3N2O. The minimum Gasteiger partial charge on any atom is -0.457 e. The summed E-state index contributed by atoms with van der Waals surface area (Å²) in [4.78, 5) is 0. The molecule has 0 spiro atoms. The Morgan fingerprint density at radius 3 is 2.06 bits per heavy atom. The third-order valence-electron chi connectivity index (χ3n) is 5.63. The lowest BCUT2D eigenvalue weighted by Crippen LogP contribution is -2.06. The van der Waals surface area contributed by atoms with E-state index in [2.05, 4.69) is 5.10 Å². The van der Waals surface area contributed by atoms with E-state index < -0.39 is 11.7 Å². The van der Waals surface area contributed by atoms with E-state index in [0.29, 0.717) is 29.1 Å². The molecule has 1 aromatic heterocycles. The van der Waals surface area contributed by atoms with E-state index in [1.54, 1.807) is 10.7 Å². The minimum absolute atomic E-state index is 0.0547. The van der Waals surface area contributed by atoms with Crippen LogP contribution in [-0.4, -0.2) is 9.78 Å². The van der Waals surface area contributed by atoms with Crippen molar-refractivity contribution in [1.82, 2.24) is 9.78 Å². The molecule has 3 nitrogen and oxygen atoms in total. The van der Waals surface area contributed by atoms with E-state index >= 15 is 0 Å².